The molecular formula is C11H12N2O2. The number of carbonyl (C=O) groups excluding carboxylic acids is 1. The van der Waals surface area contributed by atoms with Crippen molar-refractivity contribution >= 4 is 5.91 Å². The molecule has 0 aliphatic rings. The topological polar surface area (TPSA) is 56.0 Å². The number of rotatable bonds is 2. The first kappa shape index (κ1) is 11.1. The van der Waals surface area contributed by atoms with Crippen molar-refractivity contribution in [2.45, 2.75) is 13.3 Å². The largest absolute Gasteiger partial charge is 0.619 e. The van der Waals surface area contributed by atoms with Crippen LogP contribution in [0.2, 0.25) is 0 Å². The predicted molar refractivity (Wildman–Crippen MR) is 55.6 cm³/mol. The summed E-state index contributed by atoms with van der Waals surface area (Å²) in [7, 11) is 0. The standard InChI is InChI=1S/C11H12N2O2/c1-10(14)12-7-3-2-5-11-6-4-8-13(15)9-11/h4,6,8-9H,3,7H2,1H3,(H,12,14). The van der Waals surface area contributed by atoms with Crippen LogP contribution in [0.3, 0.4) is 0 Å². The van der Waals surface area contributed by atoms with E-state index >= 15 is 0 Å². The van der Waals surface area contributed by atoms with E-state index in [1.807, 2.05) is 0 Å². The van der Waals surface area contributed by atoms with Crippen molar-refractivity contribution < 1.29 is 9.52 Å². The molecule has 0 atom stereocenters. The van der Waals surface area contributed by atoms with Crippen LogP contribution in [0.25, 0.3) is 0 Å². The summed E-state index contributed by atoms with van der Waals surface area (Å²) in [6, 6.07) is 3.41. The van der Waals surface area contributed by atoms with Crippen LogP contribution in [0, 0.1) is 17.0 Å². The average molecular weight is 204 g/mol. The van der Waals surface area contributed by atoms with Gasteiger partial charge in [0.15, 0.2) is 12.4 Å². The van der Waals surface area contributed by atoms with E-state index in [4.69, 9.17) is 0 Å². The zero-order valence-corrected chi connectivity index (χ0v) is 8.49. The summed E-state index contributed by atoms with van der Waals surface area (Å²) in [5.41, 5.74) is 0.676. The molecule has 0 unspecified atom stereocenters. The van der Waals surface area contributed by atoms with Crippen molar-refractivity contribution in [1.82, 2.24) is 5.32 Å². The molecule has 1 aromatic heterocycles. The molecule has 0 aliphatic heterocycles. The van der Waals surface area contributed by atoms with Gasteiger partial charge in [-0.3, -0.25) is 4.79 Å². The summed E-state index contributed by atoms with van der Waals surface area (Å²) < 4.78 is 0.706. The van der Waals surface area contributed by atoms with E-state index in [1.54, 1.807) is 12.1 Å². The van der Waals surface area contributed by atoms with Gasteiger partial charge in [-0.2, -0.15) is 4.73 Å². The van der Waals surface area contributed by atoms with E-state index in [0.29, 0.717) is 23.3 Å². The van der Waals surface area contributed by atoms with E-state index < -0.39 is 0 Å². The highest BCUT2D eigenvalue weighted by Gasteiger charge is 1.91. The van der Waals surface area contributed by atoms with Gasteiger partial charge in [-0.1, -0.05) is 11.8 Å². The van der Waals surface area contributed by atoms with E-state index in [2.05, 4.69) is 17.2 Å². The minimum atomic E-state index is -0.0612. The first-order valence-corrected chi connectivity index (χ1v) is 4.60. The van der Waals surface area contributed by atoms with Crippen LogP contribution in [0.4, 0.5) is 0 Å². The number of hydrogen-bond donors (Lipinski definition) is 1. The molecule has 0 spiro atoms. The molecule has 0 bridgehead atoms. The Morgan fingerprint density at radius 1 is 1.67 bits per heavy atom. The molecule has 1 N–H and O–H groups in total. The number of nitrogens with zero attached hydrogens (tertiary/aromatic N) is 1. The maximum Gasteiger partial charge on any atom is 0.216 e. The second-order valence-corrected chi connectivity index (χ2v) is 2.99. The molecule has 0 saturated heterocycles. The summed E-state index contributed by atoms with van der Waals surface area (Å²) in [5.74, 6) is 5.64. The molecule has 0 fully saturated rings. The Hall–Kier alpha value is -2.02. The fraction of sp³-hybridized carbons (Fsp3) is 0.273. The SMILES string of the molecule is CC(=O)NCCC#Cc1ccc[n+]([O-])c1. The van der Waals surface area contributed by atoms with Gasteiger partial charge in [0, 0.05) is 26.0 Å². The number of nitrogens with one attached hydrogen (secondary N) is 1. The van der Waals surface area contributed by atoms with E-state index in [1.165, 1.54) is 19.3 Å². The van der Waals surface area contributed by atoms with Gasteiger partial charge in [-0.25, -0.2) is 0 Å². The second-order valence-electron chi connectivity index (χ2n) is 2.99. The first-order valence-electron chi connectivity index (χ1n) is 4.60. The zero-order chi connectivity index (χ0) is 11.1. The Balaban J connectivity index is 2.41. The lowest BCUT2D eigenvalue weighted by Crippen LogP contribution is -2.24. The van der Waals surface area contributed by atoms with Gasteiger partial charge in [0.05, 0.1) is 5.56 Å². The molecule has 4 nitrogen and oxygen atoms in total. The highest BCUT2D eigenvalue weighted by atomic mass is 16.5. The molecule has 1 rings (SSSR count). The average Bonchev–Trinajstić information content (AvgIpc) is 2.17. The highest BCUT2D eigenvalue weighted by Crippen LogP contribution is 1.90. The van der Waals surface area contributed by atoms with Crippen molar-refractivity contribution in [2.24, 2.45) is 0 Å². The van der Waals surface area contributed by atoms with Crippen molar-refractivity contribution in [1.29, 1.82) is 0 Å². The lowest BCUT2D eigenvalue weighted by molar-refractivity contribution is -0.605. The van der Waals surface area contributed by atoms with Crippen molar-refractivity contribution in [2.75, 3.05) is 6.54 Å². The summed E-state index contributed by atoms with van der Waals surface area (Å²) in [5, 5.41) is 13.5. The van der Waals surface area contributed by atoms with Gasteiger partial charge < -0.3 is 10.5 Å². The molecule has 0 aliphatic carbocycles. The van der Waals surface area contributed by atoms with Gasteiger partial charge in [-0.15, -0.1) is 0 Å². The number of amides is 1. The lowest BCUT2D eigenvalue weighted by Gasteiger charge is -1.95. The zero-order valence-electron chi connectivity index (χ0n) is 8.49. The minimum Gasteiger partial charge on any atom is -0.619 e. The van der Waals surface area contributed by atoms with Gasteiger partial charge in [0.1, 0.15) is 0 Å². The molecular weight excluding hydrogens is 192 g/mol. The van der Waals surface area contributed by atoms with Crippen LogP contribution in [-0.2, 0) is 4.79 Å². The quantitative estimate of drug-likeness (QED) is 0.324. The third-order valence-corrected chi connectivity index (χ3v) is 1.63. The Bertz CT molecular complexity index is 405. The summed E-state index contributed by atoms with van der Waals surface area (Å²) in [6.45, 7) is 2.00. The molecule has 0 radical (unpaired) electrons. The van der Waals surface area contributed by atoms with Crippen molar-refractivity contribution in [3.05, 3.63) is 35.3 Å². The number of hydrogen-bond acceptors (Lipinski definition) is 2. The second kappa shape index (κ2) is 5.66. The monoisotopic (exact) mass is 204 g/mol. The van der Waals surface area contributed by atoms with Crippen LogP contribution in [0.5, 0.6) is 0 Å². The van der Waals surface area contributed by atoms with Crippen molar-refractivity contribution in [3.8, 4) is 11.8 Å². The number of carbonyl (C=O) groups is 1. The van der Waals surface area contributed by atoms with Crippen LogP contribution in [-0.4, -0.2) is 12.5 Å². The molecule has 1 heterocycles. The fourth-order valence-electron chi connectivity index (χ4n) is 0.994. The first-order chi connectivity index (χ1) is 7.18. The minimum absolute atomic E-state index is 0.0612. The molecule has 15 heavy (non-hydrogen) atoms. The van der Waals surface area contributed by atoms with Gasteiger partial charge >= 0.3 is 0 Å². The van der Waals surface area contributed by atoms with Crippen LogP contribution < -0.4 is 10.0 Å². The fourth-order valence-corrected chi connectivity index (χ4v) is 0.994. The molecule has 4 heteroatoms. The lowest BCUT2D eigenvalue weighted by atomic mass is 10.3. The maximum absolute atomic E-state index is 10.9. The summed E-state index contributed by atoms with van der Waals surface area (Å²) >= 11 is 0. The Morgan fingerprint density at radius 3 is 3.13 bits per heavy atom. The van der Waals surface area contributed by atoms with Gasteiger partial charge in [0.2, 0.25) is 5.91 Å². The molecule has 1 aromatic rings. The maximum atomic E-state index is 10.9. The smallest absolute Gasteiger partial charge is 0.216 e. The molecule has 78 valence electrons. The number of pyridine rings is 1. The predicted octanol–water partition coefficient (Wildman–Crippen LogP) is 0.198. The van der Waals surface area contributed by atoms with Gasteiger partial charge in [-0.05, 0) is 6.07 Å². The third-order valence-electron chi connectivity index (χ3n) is 1.63. The normalized spacial score (nSPS) is 8.87. The molecule has 0 saturated carbocycles. The Morgan fingerprint density at radius 2 is 2.47 bits per heavy atom. The Kier molecular flexibility index (Phi) is 4.17. The summed E-state index contributed by atoms with van der Waals surface area (Å²) in [4.78, 5) is 10.5. The van der Waals surface area contributed by atoms with E-state index in [9.17, 15) is 10.0 Å². The molecule has 1 amide bonds. The van der Waals surface area contributed by atoms with E-state index in [0.717, 1.165) is 0 Å². The van der Waals surface area contributed by atoms with Crippen LogP contribution in [0.15, 0.2) is 24.5 Å². The summed E-state index contributed by atoms with van der Waals surface area (Å²) in [6.07, 6.45) is 3.39. The van der Waals surface area contributed by atoms with Gasteiger partial charge in [0.25, 0.3) is 0 Å². The Labute approximate surface area is 88.5 Å². The van der Waals surface area contributed by atoms with E-state index in [-0.39, 0.29) is 5.91 Å². The molecule has 0 aromatic carbocycles. The van der Waals surface area contributed by atoms with Crippen LogP contribution >= 0.6 is 0 Å². The third kappa shape index (κ3) is 4.67. The highest BCUT2D eigenvalue weighted by molar-refractivity contribution is 5.72. The number of aromatic nitrogens is 1. The van der Waals surface area contributed by atoms with Crippen molar-refractivity contribution in [3.63, 3.8) is 0 Å². The van der Waals surface area contributed by atoms with Crippen LogP contribution in [0.1, 0.15) is 18.9 Å².